The highest BCUT2D eigenvalue weighted by Gasteiger charge is 2.33. The maximum absolute atomic E-state index is 13.5. The van der Waals surface area contributed by atoms with Crippen LogP contribution in [0.4, 0.5) is 5.82 Å². The normalized spacial score (nSPS) is 14.8. The van der Waals surface area contributed by atoms with E-state index in [-0.39, 0.29) is 11.4 Å². The molecule has 6 rings (SSSR count). The predicted molar refractivity (Wildman–Crippen MR) is 193 cm³/mol. The Morgan fingerprint density at radius 3 is 2.10 bits per heavy atom. The summed E-state index contributed by atoms with van der Waals surface area (Å²) in [7, 11) is 4.71. The lowest BCUT2D eigenvalue weighted by atomic mass is 9.97. The quantitative estimate of drug-likeness (QED) is 0.160. The van der Waals surface area contributed by atoms with Crippen molar-refractivity contribution in [1.29, 1.82) is 0 Å². The predicted octanol–water partition coefficient (Wildman–Crippen LogP) is 7.37. The maximum atomic E-state index is 13.5. The third-order valence-corrected chi connectivity index (χ3v) is 9.62. The Morgan fingerprint density at radius 2 is 1.49 bits per heavy atom. The largest absolute Gasteiger partial charge is 0.497 e. The fourth-order valence-electron chi connectivity index (χ4n) is 6.27. The highest BCUT2D eigenvalue weighted by atomic mass is 35.5. The van der Waals surface area contributed by atoms with Gasteiger partial charge in [0.2, 0.25) is 0 Å². The van der Waals surface area contributed by atoms with Crippen LogP contribution in [0.2, 0.25) is 10.0 Å². The number of ether oxygens (including phenoxy) is 3. The van der Waals surface area contributed by atoms with E-state index >= 15 is 0 Å². The van der Waals surface area contributed by atoms with Crippen molar-refractivity contribution in [3.05, 3.63) is 99.9 Å². The lowest BCUT2D eigenvalue weighted by Crippen LogP contribution is -2.58. The van der Waals surface area contributed by atoms with Gasteiger partial charge in [-0.3, -0.25) is 24.6 Å². The number of nitrogens with zero attached hydrogens (tertiary/aromatic N) is 5. The molecule has 10 nitrogen and oxygen atoms in total. The molecular formula is C37H38Cl2N6O4. The number of carbonyl (C=O) groups excluding carboxylic acids is 1. The number of hydrogen-bond acceptors (Lipinski definition) is 9. The number of nitrogens with one attached hydrogen (secondary N) is 1. The number of anilines is 1. The van der Waals surface area contributed by atoms with Crippen molar-refractivity contribution in [2.45, 2.75) is 32.5 Å². The minimum absolute atomic E-state index is 0.00392. The van der Waals surface area contributed by atoms with E-state index in [1.807, 2.05) is 30.5 Å². The number of aromatic nitrogens is 3. The third kappa shape index (κ3) is 7.28. The van der Waals surface area contributed by atoms with Crippen molar-refractivity contribution in [1.82, 2.24) is 24.8 Å². The van der Waals surface area contributed by atoms with Gasteiger partial charge in [-0.05, 0) is 49.2 Å². The van der Waals surface area contributed by atoms with Crippen LogP contribution >= 0.6 is 23.2 Å². The zero-order chi connectivity index (χ0) is 34.7. The number of pyridine rings is 1. The van der Waals surface area contributed by atoms with Gasteiger partial charge in [-0.1, -0.05) is 47.5 Å². The van der Waals surface area contributed by atoms with E-state index in [4.69, 9.17) is 37.4 Å². The summed E-state index contributed by atoms with van der Waals surface area (Å²) in [6, 6.07) is 17.1. The SMILES string of the molecule is COc1ccc(CN2CCN(Cc3ccc(NC(=O)c4ccc(-c5c(Cl)c(OC)cc(OC)c5Cl)c5nccnc45)nc3)CC2(C)C)cc1. The molecule has 0 radical (unpaired) electrons. The van der Waals surface area contributed by atoms with E-state index < -0.39 is 0 Å². The number of fused-ring (bicyclic) bond motifs is 1. The number of methoxy groups -OCH3 is 3. The molecule has 0 saturated carbocycles. The molecule has 12 heteroatoms. The van der Waals surface area contributed by atoms with Gasteiger partial charge in [0.05, 0.1) is 42.5 Å². The van der Waals surface area contributed by atoms with Gasteiger partial charge in [0.15, 0.2) is 0 Å². The molecule has 0 spiro atoms. The monoisotopic (exact) mass is 700 g/mol. The van der Waals surface area contributed by atoms with Crippen LogP contribution in [0.3, 0.4) is 0 Å². The number of rotatable bonds is 10. The molecule has 1 N–H and O–H groups in total. The Balaban J connectivity index is 1.14. The molecule has 1 aliphatic rings. The Bertz CT molecular complexity index is 1940. The Labute approximate surface area is 295 Å². The zero-order valence-electron chi connectivity index (χ0n) is 28.1. The molecule has 3 aromatic carbocycles. The van der Waals surface area contributed by atoms with E-state index in [1.54, 1.807) is 31.5 Å². The number of carbonyl (C=O) groups is 1. The summed E-state index contributed by atoms with van der Waals surface area (Å²) in [5.41, 5.74) is 4.55. The first-order valence-corrected chi connectivity index (χ1v) is 16.6. The fourth-order valence-corrected chi connectivity index (χ4v) is 6.97. The van der Waals surface area contributed by atoms with E-state index in [1.165, 1.54) is 26.0 Å². The van der Waals surface area contributed by atoms with Crippen LogP contribution < -0.4 is 19.5 Å². The van der Waals surface area contributed by atoms with Crippen molar-refractivity contribution >= 4 is 46.0 Å². The highest BCUT2D eigenvalue weighted by Crippen LogP contribution is 2.47. The van der Waals surface area contributed by atoms with E-state index in [9.17, 15) is 4.79 Å². The summed E-state index contributed by atoms with van der Waals surface area (Å²) < 4.78 is 16.2. The van der Waals surface area contributed by atoms with Gasteiger partial charge in [0.25, 0.3) is 5.91 Å². The van der Waals surface area contributed by atoms with Crippen molar-refractivity contribution < 1.29 is 19.0 Å². The molecule has 2 aromatic heterocycles. The van der Waals surface area contributed by atoms with Crippen molar-refractivity contribution in [3.8, 4) is 28.4 Å². The van der Waals surface area contributed by atoms with Gasteiger partial charge in [-0.15, -0.1) is 0 Å². The zero-order valence-corrected chi connectivity index (χ0v) is 29.6. The molecule has 0 bridgehead atoms. The van der Waals surface area contributed by atoms with Crippen LogP contribution in [0.25, 0.3) is 22.2 Å². The summed E-state index contributed by atoms with van der Waals surface area (Å²) in [4.78, 5) is 32.1. The van der Waals surface area contributed by atoms with E-state index in [2.05, 4.69) is 56.0 Å². The molecule has 0 aliphatic carbocycles. The van der Waals surface area contributed by atoms with Crippen LogP contribution in [-0.2, 0) is 13.1 Å². The third-order valence-electron chi connectivity index (χ3n) is 8.87. The van der Waals surface area contributed by atoms with Crippen molar-refractivity contribution in [2.24, 2.45) is 0 Å². The Hall–Kier alpha value is -4.48. The smallest absolute Gasteiger partial charge is 0.259 e. The molecule has 0 atom stereocenters. The molecule has 1 saturated heterocycles. The number of amides is 1. The van der Waals surface area contributed by atoms with Gasteiger partial charge in [-0.2, -0.15) is 0 Å². The molecule has 1 amide bonds. The standard InChI is InChI=1S/C37H38Cl2N6O4/c1-37(2)22-44(16-17-45(37)21-23-6-9-25(47-3)10-7-23)20-24-8-13-30(42-19-24)43-36(46)27-12-11-26(34-35(27)41-15-14-40-34)31-32(38)28(48-4)18-29(49-5)33(31)39/h6-15,18-19H,16-17,20-22H2,1-5H3,(H,42,43,46). The molecular weight excluding hydrogens is 663 g/mol. The fraction of sp³-hybridized carbons (Fsp3) is 0.297. The topological polar surface area (TPSA) is 102 Å². The van der Waals surface area contributed by atoms with Gasteiger partial charge in [-0.25, -0.2) is 4.98 Å². The second-order valence-electron chi connectivity index (χ2n) is 12.5. The average Bonchev–Trinajstić information content (AvgIpc) is 3.10. The maximum Gasteiger partial charge on any atom is 0.259 e. The average molecular weight is 702 g/mol. The van der Waals surface area contributed by atoms with Gasteiger partial charge >= 0.3 is 0 Å². The molecule has 254 valence electrons. The summed E-state index contributed by atoms with van der Waals surface area (Å²) in [6.07, 6.45) is 4.90. The van der Waals surface area contributed by atoms with Gasteiger partial charge < -0.3 is 19.5 Å². The van der Waals surface area contributed by atoms with Crippen molar-refractivity contribution in [3.63, 3.8) is 0 Å². The number of halogens is 2. The number of hydrogen-bond donors (Lipinski definition) is 1. The second-order valence-corrected chi connectivity index (χ2v) is 13.3. The van der Waals surface area contributed by atoms with Crippen LogP contribution in [0.5, 0.6) is 17.2 Å². The summed E-state index contributed by atoms with van der Waals surface area (Å²) in [6.45, 7) is 9.06. The van der Waals surface area contributed by atoms with Crippen molar-refractivity contribution in [2.75, 3.05) is 46.3 Å². The van der Waals surface area contributed by atoms with Gasteiger partial charge in [0, 0.05) is 74.0 Å². The second kappa shape index (κ2) is 14.6. The van der Waals surface area contributed by atoms with Crippen LogP contribution in [0.1, 0.15) is 35.3 Å². The molecule has 1 fully saturated rings. The van der Waals surface area contributed by atoms with Crippen LogP contribution in [-0.4, -0.2) is 77.2 Å². The summed E-state index contributed by atoms with van der Waals surface area (Å²) in [5, 5.41) is 3.50. The first-order valence-electron chi connectivity index (χ1n) is 15.8. The van der Waals surface area contributed by atoms with Gasteiger partial charge in [0.1, 0.15) is 28.6 Å². The number of benzene rings is 3. The lowest BCUT2D eigenvalue weighted by Gasteiger charge is -2.47. The first-order chi connectivity index (χ1) is 23.6. The van der Waals surface area contributed by atoms with Crippen LogP contribution in [0.15, 0.2) is 73.2 Å². The van der Waals surface area contributed by atoms with E-state index in [0.717, 1.165) is 44.0 Å². The minimum Gasteiger partial charge on any atom is -0.497 e. The van der Waals surface area contributed by atoms with E-state index in [0.29, 0.717) is 55.1 Å². The molecule has 5 aromatic rings. The highest BCUT2D eigenvalue weighted by molar-refractivity contribution is 6.41. The molecule has 1 aliphatic heterocycles. The minimum atomic E-state index is -0.368. The van der Waals surface area contributed by atoms with Crippen LogP contribution in [0, 0.1) is 0 Å². The Morgan fingerprint density at radius 1 is 0.816 bits per heavy atom. The first kappa shape index (κ1) is 34.4. The number of piperazine rings is 1. The molecule has 0 unspecified atom stereocenters. The summed E-state index contributed by atoms with van der Waals surface area (Å²) in [5.74, 6) is 1.71. The molecule has 3 heterocycles. The Kier molecular flexibility index (Phi) is 10.2. The lowest BCUT2D eigenvalue weighted by molar-refractivity contribution is 0.0103. The molecule has 49 heavy (non-hydrogen) atoms. The summed E-state index contributed by atoms with van der Waals surface area (Å²) >= 11 is 13.4.